The van der Waals surface area contributed by atoms with Crippen molar-refractivity contribution in [1.82, 2.24) is 4.90 Å². The number of rotatable bonds is 9. The van der Waals surface area contributed by atoms with E-state index in [4.69, 9.17) is 4.74 Å². The summed E-state index contributed by atoms with van der Waals surface area (Å²) in [6, 6.07) is 33.4. The van der Waals surface area contributed by atoms with Crippen molar-refractivity contribution < 1.29 is 4.74 Å². The molecule has 0 aliphatic rings. The van der Waals surface area contributed by atoms with Gasteiger partial charge in [-0.1, -0.05) is 91.0 Å². The molecule has 3 aromatic rings. The first kappa shape index (κ1) is 22.3. The SMILES string of the molecule is COC(c1ccccc1)C(C)N(C)/C(C#N)=C/C(Cc1ccccc1)c1ccccc1. The zero-order chi connectivity index (χ0) is 22.1. The molecule has 0 aliphatic heterocycles. The van der Waals surface area contributed by atoms with Crippen molar-refractivity contribution in [2.75, 3.05) is 14.2 Å². The predicted molar refractivity (Wildman–Crippen MR) is 126 cm³/mol. The molecule has 0 fully saturated rings. The van der Waals surface area contributed by atoms with Crippen LogP contribution in [-0.4, -0.2) is 25.1 Å². The molecular formula is C28H30N2O. The Kier molecular flexibility index (Phi) is 8.04. The van der Waals surface area contributed by atoms with Crippen molar-refractivity contribution in [3.05, 3.63) is 119 Å². The number of methoxy groups -OCH3 is 1. The maximum Gasteiger partial charge on any atom is 0.117 e. The Bertz CT molecular complexity index is 993. The monoisotopic (exact) mass is 410 g/mol. The van der Waals surface area contributed by atoms with Crippen LogP contribution in [0.1, 0.15) is 35.6 Å². The fourth-order valence-electron chi connectivity index (χ4n) is 3.94. The molecule has 3 aromatic carbocycles. The quantitative estimate of drug-likeness (QED) is 0.398. The average molecular weight is 411 g/mol. The van der Waals surface area contributed by atoms with Crippen LogP contribution in [0.25, 0.3) is 0 Å². The van der Waals surface area contributed by atoms with E-state index in [1.54, 1.807) is 7.11 Å². The van der Waals surface area contributed by atoms with Crippen molar-refractivity contribution in [3.63, 3.8) is 0 Å². The Morgan fingerprint density at radius 3 is 1.94 bits per heavy atom. The van der Waals surface area contributed by atoms with Crippen LogP contribution in [0.15, 0.2) is 103 Å². The second-order valence-electron chi connectivity index (χ2n) is 7.79. The van der Waals surface area contributed by atoms with Crippen molar-refractivity contribution in [2.24, 2.45) is 0 Å². The number of ether oxygens (including phenoxy) is 1. The molecule has 3 unspecified atom stereocenters. The zero-order valence-corrected chi connectivity index (χ0v) is 18.5. The second-order valence-corrected chi connectivity index (χ2v) is 7.79. The molecule has 0 radical (unpaired) electrons. The van der Waals surface area contributed by atoms with E-state index in [2.05, 4.69) is 79.7 Å². The van der Waals surface area contributed by atoms with Gasteiger partial charge in [0, 0.05) is 20.1 Å². The van der Waals surface area contributed by atoms with Gasteiger partial charge in [0.05, 0.1) is 6.04 Å². The molecule has 3 nitrogen and oxygen atoms in total. The maximum atomic E-state index is 10.0. The molecule has 0 aliphatic carbocycles. The molecule has 3 rings (SSSR count). The number of nitriles is 1. The lowest BCUT2D eigenvalue weighted by Crippen LogP contribution is -2.34. The summed E-state index contributed by atoms with van der Waals surface area (Å²) in [5.41, 5.74) is 4.20. The molecule has 158 valence electrons. The van der Waals surface area contributed by atoms with Gasteiger partial charge in [-0.25, -0.2) is 0 Å². The summed E-state index contributed by atoms with van der Waals surface area (Å²) >= 11 is 0. The van der Waals surface area contributed by atoms with Crippen LogP contribution in [0, 0.1) is 11.3 Å². The van der Waals surface area contributed by atoms with E-state index in [0.29, 0.717) is 5.70 Å². The Morgan fingerprint density at radius 1 is 0.903 bits per heavy atom. The third-order valence-electron chi connectivity index (χ3n) is 5.81. The van der Waals surface area contributed by atoms with Gasteiger partial charge >= 0.3 is 0 Å². The van der Waals surface area contributed by atoms with E-state index >= 15 is 0 Å². The Morgan fingerprint density at radius 2 is 1.42 bits per heavy atom. The fraction of sp³-hybridized carbons (Fsp3) is 0.250. The molecular weight excluding hydrogens is 380 g/mol. The summed E-state index contributed by atoms with van der Waals surface area (Å²) in [6.45, 7) is 2.10. The minimum atomic E-state index is -0.132. The topological polar surface area (TPSA) is 36.3 Å². The van der Waals surface area contributed by atoms with Crippen LogP contribution < -0.4 is 0 Å². The van der Waals surface area contributed by atoms with Gasteiger partial charge in [0.25, 0.3) is 0 Å². The molecule has 0 N–H and O–H groups in total. The first-order valence-corrected chi connectivity index (χ1v) is 10.7. The zero-order valence-electron chi connectivity index (χ0n) is 18.5. The smallest absolute Gasteiger partial charge is 0.117 e. The number of hydrogen-bond donors (Lipinski definition) is 0. The van der Waals surface area contributed by atoms with Gasteiger partial charge in [0.1, 0.15) is 17.9 Å². The van der Waals surface area contributed by atoms with Crippen molar-refractivity contribution in [2.45, 2.75) is 31.4 Å². The van der Waals surface area contributed by atoms with E-state index < -0.39 is 0 Å². The summed E-state index contributed by atoms with van der Waals surface area (Å²) in [5, 5.41) is 10.0. The third-order valence-corrected chi connectivity index (χ3v) is 5.81. The molecule has 0 saturated carbocycles. The van der Waals surface area contributed by atoms with Crippen LogP contribution in [0.2, 0.25) is 0 Å². The van der Waals surface area contributed by atoms with Gasteiger partial charge in [-0.2, -0.15) is 5.26 Å². The molecule has 0 saturated heterocycles. The summed E-state index contributed by atoms with van der Waals surface area (Å²) in [5.74, 6) is 0.102. The first-order chi connectivity index (χ1) is 15.1. The van der Waals surface area contributed by atoms with Crippen LogP contribution in [0.3, 0.4) is 0 Å². The average Bonchev–Trinajstić information content (AvgIpc) is 2.83. The second kappa shape index (κ2) is 11.2. The minimum Gasteiger partial charge on any atom is -0.375 e. The van der Waals surface area contributed by atoms with Gasteiger partial charge < -0.3 is 9.64 Å². The number of benzene rings is 3. The molecule has 31 heavy (non-hydrogen) atoms. The van der Waals surface area contributed by atoms with Crippen LogP contribution in [0.4, 0.5) is 0 Å². The van der Waals surface area contributed by atoms with E-state index in [0.717, 1.165) is 12.0 Å². The molecule has 0 aromatic heterocycles. The van der Waals surface area contributed by atoms with Crippen molar-refractivity contribution in [3.8, 4) is 6.07 Å². The lowest BCUT2D eigenvalue weighted by molar-refractivity contribution is 0.0424. The first-order valence-electron chi connectivity index (χ1n) is 10.7. The minimum absolute atomic E-state index is 0.00792. The number of allylic oxidation sites excluding steroid dienone is 2. The Hall–Kier alpha value is -3.35. The highest BCUT2D eigenvalue weighted by Gasteiger charge is 2.25. The molecule has 0 heterocycles. The molecule has 0 spiro atoms. The summed E-state index contributed by atoms with van der Waals surface area (Å²) in [4.78, 5) is 2.03. The van der Waals surface area contributed by atoms with Gasteiger partial charge in [0.2, 0.25) is 0 Å². The van der Waals surface area contributed by atoms with E-state index in [-0.39, 0.29) is 18.1 Å². The van der Waals surface area contributed by atoms with Gasteiger partial charge in [-0.05, 0) is 36.1 Å². The fourth-order valence-corrected chi connectivity index (χ4v) is 3.94. The van der Waals surface area contributed by atoms with E-state index in [1.807, 2.05) is 42.3 Å². The molecule has 3 heteroatoms. The third kappa shape index (κ3) is 5.84. The molecule has 3 atom stereocenters. The van der Waals surface area contributed by atoms with E-state index in [9.17, 15) is 5.26 Å². The molecule has 0 bridgehead atoms. The standard InChI is InChI=1S/C28H30N2O/c1-22(28(31-3)25-17-11-6-12-18-25)30(2)27(21-29)20-26(24-15-9-5-10-16-24)19-23-13-7-4-8-14-23/h4-18,20,22,26,28H,19H2,1-3H3/b27-20+. The highest BCUT2D eigenvalue weighted by Crippen LogP contribution is 2.28. The Labute approximate surface area is 186 Å². The van der Waals surface area contributed by atoms with Crippen molar-refractivity contribution >= 4 is 0 Å². The number of hydrogen-bond acceptors (Lipinski definition) is 3. The summed E-state index contributed by atoms with van der Waals surface area (Å²) in [7, 11) is 3.69. The number of likely N-dealkylation sites (N-methyl/N-ethyl adjacent to an activating group) is 1. The predicted octanol–water partition coefficient (Wildman–Crippen LogP) is 6.13. The summed E-state index contributed by atoms with van der Waals surface area (Å²) in [6.07, 6.45) is 2.80. The highest BCUT2D eigenvalue weighted by molar-refractivity contribution is 5.33. The van der Waals surface area contributed by atoms with Crippen LogP contribution in [0.5, 0.6) is 0 Å². The maximum absolute atomic E-state index is 10.0. The van der Waals surface area contributed by atoms with E-state index in [1.165, 1.54) is 11.1 Å². The molecule has 0 amide bonds. The normalized spacial score (nSPS) is 14.3. The van der Waals surface area contributed by atoms with Gasteiger partial charge in [-0.3, -0.25) is 0 Å². The van der Waals surface area contributed by atoms with Crippen LogP contribution >= 0.6 is 0 Å². The number of nitrogens with zero attached hydrogens (tertiary/aromatic N) is 2. The van der Waals surface area contributed by atoms with Crippen LogP contribution in [-0.2, 0) is 11.2 Å². The lowest BCUT2D eigenvalue weighted by Gasteiger charge is -2.33. The Balaban J connectivity index is 1.90. The highest BCUT2D eigenvalue weighted by atomic mass is 16.5. The van der Waals surface area contributed by atoms with Gasteiger partial charge in [-0.15, -0.1) is 0 Å². The largest absolute Gasteiger partial charge is 0.375 e. The van der Waals surface area contributed by atoms with Crippen molar-refractivity contribution in [1.29, 1.82) is 5.26 Å². The summed E-state index contributed by atoms with van der Waals surface area (Å²) < 4.78 is 5.82. The lowest BCUT2D eigenvalue weighted by atomic mass is 9.90. The van der Waals surface area contributed by atoms with Gasteiger partial charge in [0.15, 0.2) is 0 Å².